The molecule has 0 spiro atoms. The minimum absolute atomic E-state index is 0.452. The SMILES string of the molecule is CC1=C(C=CC#N)CCC(C)(C)C1. The second-order valence-corrected chi connectivity index (χ2v) is 4.61. The van der Waals surface area contributed by atoms with Crippen molar-refractivity contribution in [2.75, 3.05) is 0 Å². The topological polar surface area (TPSA) is 23.8 Å². The molecule has 1 heteroatoms. The van der Waals surface area contributed by atoms with Gasteiger partial charge in [0.25, 0.3) is 0 Å². The summed E-state index contributed by atoms with van der Waals surface area (Å²) in [6.45, 7) is 6.79. The lowest BCUT2D eigenvalue weighted by atomic mass is 9.75. The fourth-order valence-electron chi connectivity index (χ4n) is 1.97. The molecule has 0 amide bonds. The van der Waals surface area contributed by atoms with Crippen LogP contribution in [-0.2, 0) is 0 Å². The van der Waals surface area contributed by atoms with Gasteiger partial charge < -0.3 is 0 Å². The van der Waals surface area contributed by atoms with Crippen molar-refractivity contribution in [3.63, 3.8) is 0 Å². The van der Waals surface area contributed by atoms with Crippen molar-refractivity contribution in [2.45, 2.75) is 40.0 Å². The smallest absolute Gasteiger partial charge is 0.0912 e. The zero-order valence-corrected chi connectivity index (χ0v) is 8.72. The molecule has 1 rings (SSSR count). The maximum absolute atomic E-state index is 8.43. The van der Waals surface area contributed by atoms with E-state index >= 15 is 0 Å². The van der Waals surface area contributed by atoms with Gasteiger partial charge in [-0.15, -0.1) is 0 Å². The summed E-state index contributed by atoms with van der Waals surface area (Å²) in [4.78, 5) is 0. The van der Waals surface area contributed by atoms with E-state index in [-0.39, 0.29) is 0 Å². The van der Waals surface area contributed by atoms with Gasteiger partial charge in [-0.25, -0.2) is 0 Å². The molecule has 0 aromatic carbocycles. The summed E-state index contributed by atoms with van der Waals surface area (Å²) in [5.74, 6) is 0. The van der Waals surface area contributed by atoms with Gasteiger partial charge in [0.1, 0.15) is 0 Å². The second-order valence-electron chi connectivity index (χ2n) is 4.61. The van der Waals surface area contributed by atoms with Gasteiger partial charge in [0.05, 0.1) is 6.07 Å². The summed E-state index contributed by atoms with van der Waals surface area (Å²) in [5, 5.41) is 8.43. The Bertz CT molecular complexity index is 287. The molecule has 0 unspecified atom stereocenters. The highest BCUT2D eigenvalue weighted by Gasteiger charge is 2.23. The summed E-state index contributed by atoms with van der Waals surface area (Å²) < 4.78 is 0. The maximum atomic E-state index is 8.43. The van der Waals surface area contributed by atoms with Crippen LogP contribution in [0.25, 0.3) is 0 Å². The van der Waals surface area contributed by atoms with Crippen LogP contribution in [0, 0.1) is 16.7 Å². The van der Waals surface area contributed by atoms with Crippen molar-refractivity contribution in [1.82, 2.24) is 0 Å². The molecular weight excluding hydrogens is 158 g/mol. The van der Waals surface area contributed by atoms with Gasteiger partial charge in [-0.1, -0.05) is 19.4 Å². The van der Waals surface area contributed by atoms with E-state index in [2.05, 4.69) is 20.8 Å². The molecule has 0 saturated carbocycles. The highest BCUT2D eigenvalue weighted by molar-refractivity contribution is 5.30. The minimum atomic E-state index is 0.452. The van der Waals surface area contributed by atoms with Gasteiger partial charge in [-0.05, 0) is 43.3 Å². The zero-order valence-electron chi connectivity index (χ0n) is 8.72. The summed E-state index contributed by atoms with van der Waals surface area (Å²) in [6, 6.07) is 2.04. The molecule has 0 fully saturated rings. The Morgan fingerprint density at radius 2 is 2.15 bits per heavy atom. The van der Waals surface area contributed by atoms with Crippen LogP contribution in [-0.4, -0.2) is 0 Å². The first kappa shape index (κ1) is 10.1. The molecule has 0 saturated heterocycles. The molecule has 0 radical (unpaired) electrons. The maximum Gasteiger partial charge on any atom is 0.0912 e. The van der Waals surface area contributed by atoms with Crippen LogP contribution in [0.3, 0.4) is 0 Å². The third-order valence-electron chi connectivity index (χ3n) is 2.72. The van der Waals surface area contributed by atoms with Gasteiger partial charge in [-0.2, -0.15) is 5.26 Å². The van der Waals surface area contributed by atoms with Gasteiger partial charge in [-0.3, -0.25) is 0 Å². The highest BCUT2D eigenvalue weighted by atomic mass is 14.3. The average Bonchev–Trinajstić information content (AvgIpc) is 2.02. The van der Waals surface area contributed by atoms with Gasteiger partial charge in [0.15, 0.2) is 0 Å². The van der Waals surface area contributed by atoms with Crippen molar-refractivity contribution < 1.29 is 0 Å². The quantitative estimate of drug-likeness (QED) is 0.559. The first-order valence-corrected chi connectivity index (χ1v) is 4.80. The third kappa shape index (κ3) is 2.73. The Hall–Kier alpha value is -1.03. The van der Waals surface area contributed by atoms with E-state index in [0.29, 0.717) is 5.41 Å². The predicted octanol–water partition coefficient (Wildman–Crippen LogP) is 3.59. The van der Waals surface area contributed by atoms with Crippen molar-refractivity contribution >= 4 is 0 Å². The predicted molar refractivity (Wildman–Crippen MR) is 55.1 cm³/mol. The van der Waals surface area contributed by atoms with Gasteiger partial charge in [0, 0.05) is 6.08 Å². The monoisotopic (exact) mass is 175 g/mol. The fourth-order valence-corrected chi connectivity index (χ4v) is 1.97. The molecule has 0 N–H and O–H groups in total. The lowest BCUT2D eigenvalue weighted by molar-refractivity contribution is 0.316. The standard InChI is InChI=1S/C12H17N/c1-10-9-12(2,3)7-6-11(10)5-4-8-13/h4-5H,6-7,9H2,1-3H3. The van der Waals surface area contributed by atoms with E-state index in [4.69, 9.17) is 5.26 Å². The Morgan fingerprint density at radius 1 is 1.46 bits per heavy atom. The Kier molecular flexibility index (Phi) is 2.93. The normalized spacial score (nSPS) is 22.0. The van der Waals surface area contributed by atoms with E-state index < -0.39 is 0 Å². The molecule has 0 heterocycles. The molecular formula is C12H17N. The van der Waals surface area contributed by atoms with Crippen LogP contribution in [0.1, 0.15) is 40.0 Å². The summed E-state index contributed by atoms with van der Waals surface area (Å²) in [7, 11) is 0. The van der Waals surface area contributed by atoms with Crippen molar-refractivity contribution in [3.05, 3.63) is 23.3 Å². The number of allylic oxidation sites excluding steroid dienone is 4. The van der Waals surface area contributed by atoms with Crippen molar-refractivity contribution in [3.8, 4) is 6.07 Å². The number of hydrogen-bond donors (Lipinski definition) is 0. The summed E-state index contributed by atoms with van der Waals surface area (Å²) in [5.41, 5.74) is 3.26. The summed E-state index contributed by atoms with van der Waals surface area (Å²) >= 11 is 0. The van der Waals surface area contributed by atoms with E-state index in [1.54, 1.807) is 6.08 Å². The molecule has 0 aromatic heterocycles. The van der Waals surface area contributed by atoms with Crippen LogP contribution in [0.5, 0.6) is 0 Å². The first-order chi connectivity index (χ1) is 6.05. The number of nitriles is 1. The zero-order chi connectivity index (χ0) is 9.90. The van der Waals surface area contributed by atoms with Gasteiger partial charge >= 0.3 is 0 Å². The minimum Gasteiger partial charge on any atom is -0.193 e. The lowest BCUT2D eigenvalue weighted by Crippen LogP contribution is -2.16. The molecule has 0 bridgehead atoms. The largest absolute Gasteiger partial charge is 0.193 e. The van der Waals surface area contributed by atoms with Crippen molar-refractivity contribution in [1.29, 1.82) is 5.26 Å². The van der Waals surface area contributed by atoms with Crippen LogP contribution in [0.15, 0.2) is 23.3 Å². The third-order valence-corrected chi connectivity index (χ3v) is 2.72. The lowest BCUT2D eigenvalue weighted by Gasteiger charge is -2.31. The molecule has 1 aliphatic rings. The second kappa shape index (κ2) is 3.79. The molecule has 0 aromatic rings. The average molecular weight is 175 g/mol. The van der Waals surface area contributed by atoms with Crippen LogP contribution in [0.2, 0.25) is 0 Å². The molecule has 13 heavy (non-hydrogen) atoms. The van der Waals surface area contributed by atoms with E-state index in [1.807, 2.05) is 12.1 Å². The Labute approximate surface area is 80.8 Å². The molecule has 1 aliphatic carbocycles. The molecule has 0 atom stereocenters. The first-order valence-electron chi connectivity index (χ1n) is 4.80. The fraction of sp³-hybridized carbons (Fsp3) is 0.583. The van der Waals surface area contributed by atoms with E-state index in [1.165, 1.54) is 17.6 Å². The van der Waals surface area contributed by atoms with Crippen LogP contribution in [0.4, 0.5) is 0 Å². The summed E-state index contributed by atoms with van der Waals surface area (Å²) in [6.07, 6.45) is 7.06. The Morgan fingerprint density at radius 3 is 2.69 bits per heavy atom. The number of rotatable bonds is 1. The van der Waals surface area contributed by atoms with Crippen LogP contribution < -0.4 is 0 Å². The number of hydrogen-bond acceptors (Lipinski definition) is 1. The van der Waals surface area contributed by atoms with Crippen molar-refractivity contribution in [2.24, 2.45) is 5.41 Å². The van der Waals surface area contributed by atoms with E-state index in [0.717, 1.165) is 12.8 Å². The van der Waals surface area contributed by atoms with Crippen LogP contribution >= 0.6 is 0 Å². The van der Waals surface area contributed by atoms with E-state index in [9.17, 15) is 0 Å². The molecule has 70 valence electrons. The van der Waals surface area contributed by atoms with Gasteiger partial charge in [0.2, 0.25) is 0 Å². The highest BCUT2D eigenvalue weighted by Crippen LogP contribution is 2.38. The molecule has 0 aliphatic heterocycles. The number of nitrogens with zero attached hydrogens (tertiary/aromatic N) is 1. The molecule has 1 nitrogen and oxygen atoms in total. The Balaban J connectivity index is 2.78.